The number of thiophene rings is 1. The summed E-state index contributed by atoms with van der Waals surface area (Å²) in [5.74, 6) is -4.02. The Morgan fingerprint density at radius 3 is 2.45 bits per heavy atom. The molecule has 1 saturated carbocycles. The average Bonchev–Trinajstić information content (AvgIpc) is 3.62. The molecular formula is C45H49FN5O7PS. The number of rotatable bonds is 13. The molecule has 4 aromatic rings. The summed E-state index contributed by atoms with van der Waals surface area (Å²) >= 11 is 1.18. The Morgan fingerprint density at radius 1 is 1.02 bits per heavy atom. The maximum Gasteiger partial charge on any atom is 0.355 e. The van der Waals surface area contributed by atoms with Crippen molar-refractivity contribution in [1.29, 1.82) is 5.26 Å². The molecule has 1 aliphatic carbocycles. The molecule has 1 spiro atoms. The van der Waals surface area contributed by atoms with Crippen LogP contribution in [0.4, 0.5) is 4.39 Å². The lowest BCUT2D eigenvalue weighted by atomic mass is 9.85. The van der Waals surface area contributed by atoms with E-state index in [1.54, 1.807) is 35.2 Å². The maximum atomic E-state index is 16.5. The summed E-state index contributed by atoms with van der Waals surface area (Å²) in [6, 6.07) is 24.0. The molecule has 3 aliphatic heterocycles. The quantitative estimate of drug-likeness (QED) is 0.100. The van der Waals surface area contributed by atoms with E-state index in [0.717, 1.165) is 24.8 Å². The molecule has 3 amide bonds. The number of alkyl halides is 1. The van der Waals surface area contributed by atoms with E-state index in [4.69, 9.17) is 9.26 Å². The summed E-state index contributed by atoms with van der Waals surface area (Å²) in [6.45, 7) is 3.86. The first-order valence-corrected chi connectivity index (χ1v) is 23.3. The van der Waals surface area contributed by atoms with Gasteiger partial charge < -0.3 is 24.4 Å². The third-order valence-electron chi connectivity index (χ3n) is 12.5. The lowest BCUT2D eigenvalue weighted by molar-refractivity contribution is -0.147. The molecule has 0 bridgehead atoms. The molecule has 4 fully saturated rings. The molecule has 3 saturated heterocycles. The van der Waals surface area contributed by atoms with Gasteiger partial charge in [0.2, 0.25) is 17.7 Å². The van der Waals surface area contributed by atoms with Crippen LogP contribution < -0.4 is 14.9 Å². The zero-order valence-corrected chi connectivity index (χ0v) is 35.3. The Hall–Kier alpha value is -5.09. The fourth-order valence-corrected chi connectivity index (χ4v) is 12.2. The zero-order chi connectivity index (χ0) is 42.2. The van der Waals surface area contributed by atoms with Crippen LogP contribution in [-0.2, 0) is 23.7 Å². The van der Waals surface area contributed by atoms with Crippen molar-refractivity contribution in [3.05, 3.63) is 101 Å². The highest BCUT2D eigenvalue weighted by Gasteiger charge is 2.64. The van der Waals surface area contributed by atoms with E-state index in [2.05, 4.69) is 16.5 Å². The lowest BCUT2D eigenvalue weighted by Crippen LogP contribution is -2.56. The minimum absolute atomic E-state index is 0.0186. The number of nitriles is 1. The first kappa shape index (κ1) is 41.6. The van der Waals surface area contributed by atoms with E-state index < -0.39 is 49.0 Å². The molecule has 2 N–H and O–H groups in total. The Labute approximate surface area is 352 Å². The number of likely N-dealkylation sites (tertiary alicyclic amines) is 1. The Kier molecular flexibility index (Phi) is 11.9. The number of carbonyl (C=O) groups excluding carboxylic acids is 4. The SMILES string of the molecule is CCCOC(=O)[C@H](C)NP(=O)(Oc1ccccc1)[C@H](F)c1ccc2sc(C(=O)N[C@H]3CCC[C@H]4CC[C@@H](C(=O)N5C[C@@H](c6ccccc6)[C@H](C#N)C56CC6)N4C3=O)cc2c1. The summed E-state index contributed by atoms with van der Waals surface area (Å²) < 4.78 is 42.5. The van der Waals surface area contributed by atoms with Gasteiger partial charge in [0.05, 0.1) is 29.0 Å². The zero-order valence-electron chi connectivity index (χ0n) is 33.6. The molecule has 0 radical (unpaired) electrons. The van der Waals surface area contributed by atoms with Gasteiger partial charge in [-0.3, -0.25) is 23.7 Å². The predicted octanol–water partition coefficient (Wildman–Crippen LogP) is 8.01. The lowest BCUT2D eigenvalue weighted by Gasteiger charge is -2.35. The highest BCUT2D eigenvalue weighted by molar-refractivity contribution is 7.57. The van der Waals surface area contributed by atoms with Gasteiger partial charge in [-0.1, -0.05) is 61.5 Å². The molecule has 314 valence electrons. The number of ether oxygens (including phenoxy) is 1. The number of benzene rings is 3. The van der Waals surface area contributed by atoms with Crippen molar-refractivity contribution in [1.82, 2.24) is 20.2 Å². The smallest absolute Gasteiger partial charge is 0.355 e. The number of hydrogen-bond donors (Lipinski definition) is 2. The summed E-state index contributed by atoms with van der Waals surface area (Å²) in [5, 5.41) is 16.4. The van der Waals surface area contributed by atoms with E-state index in [1.807, 2.05) is 42.2 Å². The number of esters is 1. The Balaban J connectivity index is 0.980. The summed E-state index contributed by atoms with van der Waals surface area (Å²) in [7, 11) is -4.45. The normalized spacial score (nSPS) is 25.1. The molecule has 8 rings (SSSR count). The topological polar surface area (TPSA) is 158 Å². The van der Waals surface area contributed by atoms with Crippen LogP contribution in [0.3, 0.4) is 0 Å². The van der Waals surface area contributed by atoms with Crippen LogP contribution in [0, 0.1) is 17.2 Å². The third kappa shape index (κ3) is 7.95. The predicted molar refractivity (Wildman–Crippen MR) is 225 cm³/mol. The van der Waals surface area contributed by atoms with Crippen LogP contribution in [0.15, 0.2) is 84.9 Å². The first-order valence-electron chi connectivity index (χ1n) is 20.8. The van der Waals surface area contributed by atoms with E-state index >= 15 is 4.39 Å². The van der Waals surface area contributed by atoms with Crippen LogP contribution >= 0.6 is 18.9 Å². The van der Waals surface area contributed by atoms with Gasteiger partial charge in [0, 0.05) is 23.2 Å². The second-order valence-corrected chi connectivity index (χ2v) is 19.6. The first-order chi connectivity index (χ1) is 29.0. The van der Waals surface area contributed by atoms with Gasteiger partial charge in [-0.2, -0.15) is 5.26 Å². The molecule has 15 heteroatoms. The molecule has 3 aromatic carbocycles. The number of fused-ring (bicyclic) bond motifs is 2. The molecule has 1 aromatic heterocycles. The highest BCUT2D eigenvalue weighted by atomic mass is 32.1. The summed E-state index contributed by atoms with van der Waals surface area (Å²) in [6.07, 6.45) is 5.18. The van der Waals surface area contributed by atoms with Crippen molar-refractivity contribution in [3.63, 3.8) is 0 Å². The van der Waals surface area contributed by atoms with Crippen LogP contribution in [0.5, 0.6) is 5.75 Å². The van der Waals surface area contributed by atoms with Crippen molar-refractivity contribution in [2.75, 3.05) is 13.2 Å². The minimum Gasteiger partial charge on any atom is -0.465 e. The van der Waals surface area contributed by atoms with Crippen LogP contribution in [0.2, 0.25) is 0 Å². The molecular weight excluding hydrogens is 805 g/mol. The monoisotopic (exact) mass is 853 g/mol. The standard InChI is InChI=1S/C45H49FN5O7PS/c1-3-23-57-44(55)28(2)49-59(56,58-33-14-8-5-9-15-33)40(46)30-17-20-38-31(24-30)25-39(60-38)41(52)48-36-16-10-13-32-18-19-37(51(32)42(36)53)43(54)50-27-34(29-11-6-4-7-12-29)35(26-47)45(50)21-22-45/h4-9,11-12,14-15,17,20,24-25,28,32,34-37,40H,3,10,13,16,18-19,21-23,27H2,1-2H3,(H,48,52)(H,49,56)/t28-,32-,34-,35-,36-,37-,40-,59?/m0/s1. The van der Waals surface area contributed by atoms with Gasteiger partial charge in [0.1, 0.15) is 23.9 Å². The number of nitrogens with one attached hydrogen (secondary N) is 2. The van der Waals surface area contributed by atoms with Crippen molar-refractivity contribution in [2.24, 2.45) is 5.92 Å². The van der Waals surface area contributed by atoms with Gasteiger partial charge in [-0.25, -0.2) is 9.48 Å². The molecule has 12 nitrogen and oxygen atoms in total. The maximum absolute atomic E-state index is 16.5. The number of nitrogens with zero attached hydrogens (tertiary/aromatic N) is 3. The van der Waals surface area contributed by atoms with Crippen LogP contribution in [0.25, 0.3) is 10.1 Å². The van der Waals surface area contributed by atoms with Crippen molar-refractivity contribution >= 4 is 52.6 Å². The number of para-hydroxylation sites is 1. The second kappa shape index (κ2) is 17.1. The highest BCUT2D eigenvalue weighted by Crippen LogP contribution is 2.59. The van der Waals surface area contributed by atoms with Gasteiger partial charge in [-0.05, 0) is 105 Å². The van der Waals surface area contributed by atoms with E-state index in [0.29, 0.717) is 53.6 Å². The Morgan fingerprint density at radius 2 is 1.75 bits per heavy atom. The fourth-order valence-electron chi connectivity index (χ4n) is 9.34. The van der Waals surface area contributed by atoms with Gasteiger partial charge >= 0.3 is 13.5 Å². The van der Waals surface area contributed by atoms with E-state index in [9.17, 15) is 29.0 Å². The van der Waals surface area contributed by atoms with Crippen molar-refractivity contribution in [3.8, 4) is 11.8 Å². The molecule has 4 aliphatic rings. The third-order valence-corrected chi connectivity index (χ3v) is 15.7. The van der Waals surface area contributed by atoms with Crippen LogP contribution in [-0.4, -0.2) is 76.3 Å². The van der Waals surface area contributed by atoms with Crippen molar-refractivity contribution < 1.29 is 37.4 Å². The number of carbonyl (C=O) groups is 4. The van der Waals surface area contributed by atoms with E-state index in [1.165, 1.54) is 42.5 Å². The van der Waals surface area contributed by atoms with Crippen molar-refractivity contribution in [2.45, 2.75) is 107 Å². The number of hydrogen-bond acceptors (Lipinski definition) is 9. The average molecular weight is 854 g/mol. The molecule has 60 heavy (non-hydrogen) atoms. The van der Waals surface area contributed by atoms with Gasteiger partial charge in [-0.15, -0.1) is 11.3 Å². The molecule has 1 unspecified atom stereocenters. The van der Waals surface area contributed by atoms with Gasteiger partial charge in [0.25, 0.3) is 5.91 Å². The Bertz CT molecular complexity index is 2350. The number of amides is 3. The van der Waals surface area contributed by atoms with E-state index in [-0.39, 0.29) is 47.6 Å². The van der Waals surface area contributed by atoms with Crippen LogP contribution in [0.1, 0.15) is 97.8 Å². The van der Waals surface area contributed by atoms with Gasteiger partial charge in [0.15, 0.2) is 0 Å². The molecule has 4 heterocycles. The molecule has 8 atom stereocenters. The minimum atomic E-state index is -4.45. The fraction of sp³-hybridized carbons (Fsp3) is 0.444. The summed E-state index contributed by atoms with van der Waals surface area (Å²) in [5.41, 5.74) is 0.541. The second-order valence-electron chi connectivity index (χ2n) is 16.4. The largest absolute Gasteiger partial charge is 0.465 e. The number of halogens is 1. The summed E-state index contributed by atoms with van der Waals surface area (Å²) in [4.78, 5) is 59.3.